The van der Waals surface area contributed by atoms with Gasteiger partial charge in [0.1, 0.15) is 29.7 Å². The highest BCUT2D eigenvalue weighted by Gasteiger charge is 2.08. The Labute approximate surface area is 128 Å². The Morgan fingerprint density at radius 2 is 1.59 bits per heavy atom. The van der Waals surface area contributed by atoms with Crippen LogP contribution in [0.15, 0.2) is 42.5 Å². The Morgan fingerprint density at radius 1 is 1.00 bits per heavy atom. The van der Waals surface area contributed by atoms with Crippen LogP contribution in [0.1, 0.15) is 18.5 Å². The smallest absolute Gasteiger partial charge is 0.126 e. The van der Waals surface area contributed by atoms with Gasteiger partial charge < -0.3 is 14.8 Å². The fourth-order valence-corrected chi connectivity index (χ4v) is 2.06. The first kappa shape index (κ1) is 16.2. The van der Waals surface area contributed by atoms with Crippen LogP contribution >= 0.6 is 0 Å². The van der Waals surface area contributed by atoms with Crippen LogP contribution < -0.4 is 14.8 Å². The molecule has 0 saturated heterocycles. The van der Waals surface area contributed by atoms with Gasteiger partial charge in [-0.15, -0.1) is 0 Å². The summed E-state index contributed by atoms with van der Waals surface area (Å²) < 4.78 is 37.0. The highest BCUT2D eigenvalue weighted by atomic mass is 19.1. The highest BCUT2D eigenvalue weighted by molar-refractivity contribution is 5.31. The van der Waals surface area contributed by atoms with Crippen LogP contribution in [0.2, 0.25) is 0 Å². The molecule has 3 nitrogen and oxygen atoms in total. The molecule has 0 amide bonds. The van der Waals surface area contributed by atoms with Crippen molar-refractivity contribution >= 4 is 0 Å². The Kier molecular flexibility index (Phi) is 5.72. The average molecular weight is 307 g/mol. The van der Waals surface area contributed by atoms with E-state index in [2.05, 4.69) is 5.32 Å². The van der Waals surface area contributed by atoms with E-state index in [0.29, 0.717) is 18.7 Å². The number of hydrogen-bond acceptors (Lipinski definition) is 3. The first-order valence-corrected chi connectivity index (χ1v) is 7.04. The van der Waals surface area contributed by atoms with Gasteiger partial charge in [-0.25, -0.2) is 8.78 Å². The van der Waals surface area contributed by atoms with Crippen LogP contribution in [0, 0.1) is 11.6 Å². The Bertz CT molecular complexity index is 582. The summed E-state index contributed by atoms with van der Waals surface area (Å²) in [5, 5.41) is 3.16. The molecule has 0 aliphatic rings. The molecule has 0 radical (unpaired) electrons. The van der Waals surface area contributed by atoms with Crippen molar-refractivity contribution in [2.75, 3.05) is 20.3 Å². The summed E-state index contributed by atoms with van der Waals surface area (Å²) >= 11 is 0. The van der Waals surface area contributed by atoms with E-state index in [-0.39, 0.29) is 6.04 Å². The maximum Gasteiger partial charge on any atom is 0.126 e. The molecule has 0 fully saturated rings. The number of methoxy groups -OCH3 is 1. The lowest BCUT2D eigenvalue weighted by atomic mass is 10.1. The van der Waals surface area contributed by atoms with Gasteiger partial charge in [0, 0.05) is 18.7 Å². The number of hydrogen-bond donors (Lipinski definition) is 1. The van der Waals surface area contributed by atoms with Gasteiger partial charge in [0.2, 0.25) is 0 Å². The number of ether oxygens (including phenoxy) is 2. The summed E-state index contributed by atoms with van der Waals surface area (Å²) in [6.45, 7) is 2.86. The molecule has 118 valence electrons. The fourth-order valence-electron chi connectivity index (χ4n) is 2.06. The Hall–Kier alpha value is -2.14. The van der Waals surface area contributed by atoms with Gasteiger partial charge in [-0.1, -0.05) is 0 Å². The molecular weight excluding hydrogens is 288 g/mol. The quantitative estimate of drug-likeness (QED) is 0.791. The third-order valence-corrected chi connectivity index (χ3v) is 3.27. The number of halogens is 2. The molecule has 2 aromatic carbocycles. The molecule has 1 N–H and O–H groups in total. The van der Waals surface area contributed by atoms with Gasteiger partial charge in [0.25, 0.3) is 0 Å². The number of benzene rings is 2. The minimum atomic E-state index is -0.571. The number of nitrogens with one attached hydrogen (secondary N) is 1. The SMILES string of the molecule is COc1ccc(OCCNC(C)c2cc(F)cc(F)c2)cc1. The zero-order valence-electron chi connectivity index (χ0n) is 12.6. The van der Waals surface area contributed by atoms with E-state index in [1.807, 2.05) is 31.2 Å². The average Bonchev–Trinajstić information content (AvgIpc) is 2.51. The van der Waals surface area contributed by atoms with Crippen molar-refractivity contribution in [2.45, 2.75) is 13.0 Å². The molecule has 0 bridgehead atoms. The lowest BCUT2D eigenvalue weighted by Crippen LogP contribution is -2.24. The van der Waals surface area contributed by atoms with Crippen LogP contribution in [0.5, 0.6) is 11.5 Å². The zero-order valence-corrected chi connectivity index (χ0v) is 12.6. The van der Waals surface area contributed by atoms with E-state index in [4.69, 9.17) is 9.47 Å². The predicted molar refractivity (Wildman–Crippen MR) is 81.3 cm³/mol. The Balaban J connectivity index is 1.77. The number of rotatable bonds is 7. The largest absolute Gasteiger partial charge is 0.497 e. The first-order valence-electron chi connectivity index (χ1n) is 7.04. The summed E-state index contributed by atoms with van der Waals surface area (Å²) in [5.41, 5.74) is 0.571. The lowest BCUT2D eigenvalue weighted by Gasteiger charge is -2.15. The van der Waals surface area contributed by atoms with Crippen LogP contribution in [0.25, 0.3) is 0 Å². The minimum absolute atomic E-state index is 0.162. The van der Waals surface area contributed by atoms with E-state index < -0.39 is 11.6 Å². The van der Waals surface area contributed by atoms with E-state index in [1.165, 1.54) is 12.1 Å². The molecular formula is C17H19F2NO2. The van der Waals surface area contributed by atoms with Crippen molar-refractivity contribution in [3.05, 3.63) is 59.7 Å². The molecule has 0 aromatic heterocycles. The molecule has 2 aromatic rings. The molecule has 5 heteroatoms. The summed E-state index contributed by atoms with van der Waals surface area (Å²) in [4.78, 5) is 0. The lowest BCUT2D eigenvalue weighted by molar-refractivity contribution is 0.307. The molecule has 2 rings (SSSR count). The van der Waals surface area contributed by atoms with E-state index in [0.717, 1.165) is 17.6 Å². The van der Waals surface area contributed by atoms with Crippen molar-refractivity contribution in [1.82, 2.24) is 5.32 Å². The highest BCUT2D eigenvalue weighted by Crippen LogP contribution is 2.17. The van der Waals surface area contributed by atoms with Crippen molar-refractivity contribution in [3.8, 4) is 11.5 Å². The molecule has 1 atom stereocenters. The molecule has 22 heavy (non-hydrogen) atoms. The molecule has 0 aliphatic heterocycles. The fraction of sp³-hybridized carbons (Fsp3) is 0.294. The second-order valence-electron chi connectivity index (χ2n) is 4.90. The third kappa shape index (κ3) is 4.70. The van der Waals surface area contributed by atoms with E-state index >= 15 is 0 Å². The van der Waals surface area contributed by atoms with Crippen molar-refractivity contribution in [3.63, 3.8) is 0 Å². The monoisotopic (exact) mass is 307 g/mol. The first-order chi connectivity index (χ1) is 10.6. The van der Waals surface area contributed by atoms with Gasteiger partial charge in [0.05, 0.1) is 7.11 Å². The van der Waals surface area contributed by atoms with Gasteiger partial charge in [-0.05, 0) is 48.9 Å². The normalized spacial score (nSPS) is 12.0. The molecule has 0 saturated carbocycles. The molecule has 0 spiro atoms. The summed E-state index contributed by atoms with van der Waals surface area (Å²) in [5.74, 6) is 0.371. The second kappa shape index (κ2) is 7.75. The minimum Gasteiger partial charge on any atom is -0.497 e. The van der Waals surface area contributed by atoms with Crippen LogP contribution in [0.3, 0.4) is 0 Å². The summed E-state index contributed by atoms with van der Waals surface area (Å²) in [6.07, 6.45) is 0. The van der Waals surface area contributed by atoms with Gasteiger partial charge >= 0.3 is 0 Å². The van der Waals surface area contributed by atoms with Gasteiger partial charge in [-0.2, -0.15) is 0 Å². The van der Waals surface area contributed by atoms with Crippen LogP contribution in [-0.2, 0) is 0 Å². The molecule has 0 heterocycles. The topological polar surface area (TPSA) is 30.5 Å². The van der Waals surface area contributed by atoms with Crippen LogP contribution in [0.4, 0.5) is 8.78 Å². The zero-order chi connectivity index (χ0) is 15.9. The van der Waals surface area contributed by atoms with E-state index in [1.54, 1.807) is 7.11 Å². The maximum atomic E-state index is 13.2. The van der Waals surface area contributed by atoms with Crippen LogP contribution in [-0.4, -0.2) is 20.3 Å². The standard InChI is InChI=1S/C17H19F2NO2/c1-12(13-9-14(18)11-15(19)10-13)20-7-8-22-17-5-3-16(21-2)4-6-17/h3-6,9-12,20H,7-8H2,1-2H3. The molecule has 0 aliphatic carbocycles. The predicted octanol–water partition coefficient (Wildman–Crippen LogP) is 3.70. The maximum absolute atomic E-state index is 13.2. The third-order valence-electron chi connectivity index (χ3n) is 3.27. The van der Waals surface area contributed by atoms with Crippen molar-refractivity contribution in [2.24, 2.45) is 0 Å². The van der Waals surface area contributed by atoms with Crippen molar-refractivity contribution < 1.29 is 18.3 Å². The second-order valence-corrected chi connectivity index (χ2v) is 4.90. The summed E-state index contributed by atoms with van der Waals surface area (Å²) in [6, 6.07) is 10.6. The van der Waals surface area contributed by atoms with Gasteiger partial charge in [0.15, 0.2) is 0 Å². The summed E-state index contributed by atoms with van der Waals surface area (Å²) in [7, 11) is 1.61. The molecule has 1 unspecified atom stereocenters. The van der Waals surface area contributed by atoms with E-state index in [9.17, 15) is 8.78 Å². The van der Waals surface area contributed by atoms with Crippen molar-refractivity contribution in [1.29, 1.82) is 0 Å². The Morgan fingerprint density at radius 3 is 2.18 bits per heavy atom. The van der Waals surface area contributed by atoms with Gasteiger partial charge in [-0.3, -0.25) is 0 Å².